The molecule has 1 saturated heterocycles. The predicted molar refractivity (Wildman–Crippen MR) is 98.8 cm³/mol. The van der Waals surface area contributed by atoms with Gasteiger partial charge in [0, 0.05) is 28.4 Å². The van der Waals surface area contributed by atoms with Crippen LogP contribution < -0.4 is 0 Å². The molecule has 1 atom stereocenters. The average molecular weight is 357 g/mol. The molecule has 132 valence electrons. The number of esters is 1. The van der Waals surface area contributed by atoms with E-state index in [0.29, 0.717) is 5.56 Å². The third kappa shape index (κ3) is 4.10. The van der Waals surface area contributed by atoms with Crippen LogP contribution in [0.1, 0.15) is 51.0 Å². The normalized spacial score (nSPS) is 15.7. The van der Waals surface area contributed by atoms with Gasteiger partial charge >= 0.3 is 5.97 Å². The van der Waals surface area contributed by atoms with Crippen molar-refractivity contribution in [3.63, 3.8) is 0 Å². The molecule has 1 aromatic carbocycles. The second kappa shape index (κ2) is 7.83. The van der Waals surface area contributed by atoms with Crippen LogP contribution >= 0.6 is 11.3 Å². The second-order valence-corrected chi connectivity index (χ2v) is 7.87. The van der Waals surface area contributed by atoms with Gasteiger partial charge in [0.1, 0.15) is 0 Å². The monoisotopic (exact) mass is 357 g/mol. The largest absolute Gasteiger partial charge is 0.444 e. The average Bonchev–Trinajstić information content (AvgIpc) is 2.99. The van der Waals surface area contributed by atoms with E-state index >= 15 is 0 Å². The van der Waals surface area contributed by atoms with Crippen LogP contribution in [-0.2, 0) is 9.53 Å². The molecule has 3 rings (SSSR count). The van der Waals surface area contributed by atoms with Gasteiger partial charge in [-0.3, -0.25) is 4.79 Å². The Morgan fingerprint density at radius 2 is 1.76 bits per heavy atom. The summed E-state index contributed by atoms with van der Waals surface area (Å²) >= 11 is 1.56. The molecule has 0 N–H and O–H groups in total. The Labute approximate surface area is 152 Å². The predicted octanol–water partition coefficient (Wildman–Crippen LogP) is 4.28. The number of hydrogen-bond acceptors (Lipinski definition) is 4. The van der Waals surface area contributed by atoms with Crippen molar-refractivity contribution in [2.24, 2.45) is 0 Å². The molecular formula is C20H23NO3S. The van der Waals surface area contributed by atoms with Crippen LogP contribution in [0.25, 0.3) is 0 Å². The number of amides is 1. The van der Waals surface area contributed by atoms with Crippen molar-refractivity contribution in [2.75, 3.05) is 13.1 Å². The van der Waals surface area contributed by atoms with Crippen LogP contribution in [0.4, 0.5) is 0 Å². The third-order valence-electron chi connectivity index (χ3n) is 4.48. The van der Waals surface area contributed by atoms with E-state index < -0.39 is 12.1 Å². The minimum absolute atomic E-state index is 0.121. The van der Waals surface area contributed by atoms with E-state index in [9.17, 15) is 9.59 Å². The number of benzene rings is 1. The second-order valence-electron chi connectivity index (χ2n) is 6.41. The van der Waals surface area contributed by atoms with Crippen molar-refractivity contribution in [2.45, 2.75) is 39.2 Å². The molecule has 25 heavy (non-hydrogen) atoms. The topological polar surface area (TPSA) is 46.6 Å². The van der Waals surface area contributed by atoms with E-state index in [1.165, 1.54) is 0 Å². The molecule has 0 aliphatic carbocycles. The molecule has 1 aliphatic heterocycles. The molecule has 2 aromatic rings. The lowest BCUT2D eigenvalue weighted by molar-refractivity contribution is -0.142. The summed E-state index contributed by atoms with van der Waals surface area (Å²) in [6.45, 7) is 5.33. The number of nitrogens with zero attached hydrogens (tertiary/aromatic N) is 1. The number of carbonyl (C=O) groups is 2. The first-order valence-corrected chi connectivity index (χ1v) is 9.49. The van der Waals surface area contributed by atoms with Gasteiger partial charge in [0.15, 0.2) is 0 Å². The number of hydrogen-bond donors (Lipinski definition) is 0. The van der Waals surface area contributed by atoms with Crippen molar-refractivity contribution in [3.05, 3.63) is 57.3 Å². The van der Waals surface area contributed by atoms with Gasteiger partial charge in [0.2, 0.25) is 6.10 Å². The van der Waals surface area contributed by atoms with E-state index in [4.69, 9.17) is 4.74 Å². The number of thiophene rings is 1. The minimum atomic E-state index is -0.883. The van der Waals surface area contributed by atoms with E-state index in [1.54, 1.807) is 11.3 Å². The molecule has 1 aliphatic rings. The SMILES string of the molecule is Cc1cc(C(=O)O[C@H](C(=O)N2CCCCC2)c2ccccc2)c(C)s1. The first-order chi connectivity index (χ1) is 12.1. The van der Waals surface area contributed by atoms with Gasteiger partial charge in [-0.1, -0.05) is 30.3 Å². The van der Waals surface area contributed by atoms with E-state index in [1.807, 2.05) is 55.1 Å². The quantitative estimate of drug-likeness (QED) is 0.768. The molecule has 1 aromatic heterocycles. The highest BCUT2D eigenvalue weighted by Gasteiger charge is 2.31. The molecule has 4 nitrogen and oxygen atoms in total. The summed E-state index contributed by atoms with van der Waals surface area (Å²) in [6, 6.07) is 11.1. The molecule has 2 heterocycles. The first-order valence-electron chi connectivity index (χ1n) is 8.68. The van der Waals surface area contributed by atoms with Crippen LogP contribution in [0.2, 0.25) is 0 Å². The molecule has 0 unspecified atom stereocenters. The Morgan fingerprint density at radius 3 is 2.36 bits per heavy atom. The van der Waals surface area contributed by atoms with Crippen LogP contribution in [-0.4, -0.2) is 29.9 Å². The summed E-state index contributed by atoms with van der Waals surface area (Å²) in [5.41, 5.74) is 1.27. The number of rotatable bonds is 4. The fourth-order valence-corrected chi connectivity index (χ4v) is 4.08. The highest BCUT2D eigenvalue weighted by molar-refractivity contribution is 7.12. The van der Waals surface area contributed by atoms with Gasteiger partial charge in [-0.15, -0.1) is 11.3 Å². The van der Waals surface area contributed by atoms with Crippen LogP contribution in [0, 0.1) is 13.8 Å². The summed E-state index contributed by atoms with van der Waals surface area (Å²) < 4.78 is 5.71. The first kappa shape index (κ1) is 17.7. The smallest absolute Gasteiger partial charge is 0.340 e. The highest BCUT2D eigenvalue weighted by atomic mass is 32.1. The minimum Gasteiger partial charge on any atom is -0.444 e. The van der Waals surface area contributed by atoms with Crippen molar-refractivity contribution in [1.29, 1.82) is 0 Å². The molecule has 0 radical (unpaired) electrons. The summed E-state index contributed by atoms with van der Waals surface area (Å²) in [5.74, 6) is -0.551. The molecule has 5 heteroatoms. The Morgan fingerprint density at radius 1 is 1.08 bits per heavy atom. The molecular weight excluding hydrogens is 334 g/mol. The summed E-state index contributed by atoms with van der Waals surface area (Å²) in [6.07, 6.45) is 2.27. The fourth-order valence-electron chi connectivity index (χ4n) is 3.17. The lowest BCUT2D eigenvalue weighted by Gasteiger charge is -2.30. The standard InChI is InChI=1S/C20H23NO3S/c1-14-13-17(15(2)25-14)20(23)24-18(16-9-5-3-6-10-16)19(22)21-11-7-4-8-12-21/h3,5-6,9-10,13,18H,4,7-8,11-12H2,1-2H3/t18-/m0/s1. The van der Waals surface area contributed by atoms with Crippen molar-refractivity contribution < 1.29 is 14.3 Å². The zero-order valence-corrected chi connectivity index (χ0v) is 15.5. The Kier molecular flexibility index (Phi) is 5.53. The summed E-state index contributed by atoms with van der Waals surface area (Å²) in [5, 5.41) is 0. The number of likely N-dealkylation sites (tertiary alicyclic amines) is 1. The van der Waals surface area contributed by atoms with Crippen LogP contribution in [0.3, 0.4) is 0 Å². The summed E-state index contributed by atoms with van der Waals surface area (Å²) in [4.78, 5) is 29.5. The van der Waals surface area contributed by atoms with Crippen molar-refractivity contribution in [1.82, 2.24) is 4.90 Å². The molecule has 0 spiro atoms. The molecule has 0 saturated carbocycles. The fraction of sp³-hybridized carbons (Fsp3) is 0.400. The van der Waals surface area contributed by atoms with E-state index in [0.717, 1.165) is 47.7 Å². The molecule has 0 bridgehead atoms. The van der Waals surface area contributed by atoms with E-state index in [-0.39, 0.29) is 5.91 Å². The zero-order valence-electron chi connectivity index (χ0n) is 14.7. The number of ether oxygens (including phenoxy) is 1. The zero-order chi connectivity index (χ0) is 17.8. The van der Waals surface area contributed by atoms with Crippen molar-refractivity contribution >= 4 is 23.2 Å². The number of aryl methyl sites for hydroxylation is 2. The van der Waals surface area contributed by atoms with Crippen LogP contribution in [0.15, 0.2) is 36.4 Å². The Balaban J connectivity index is 1.85. The van der Waals surface area contributed by atoms with Gasteiger partial charge < -0.3 is 9.64 Å². The van der Waals surface area contributed by atoms with Crippen molar-refractivity contribution in [3.8, 4) is 0 Å². The van der Waals surface area contributed by atoms with E-state index in [2.05, 4.69) is 0 Å². The third-order valence-corrected chi connectivity index (χ3v) is 5.45. The van der Waals surface area contributed by atoms with Gasteiger partial charge in [0.25, 0.3) is 5.91 Å². The van der Waals surface area contributed by atoms with Gasteiger partial charge in [-0.05, 0) is 39.2 Å². The summed E-state index contributed by atoms with van der Waals surface area (Å²) in [7, 11) is 0. The maximum absolute atomic E-state index is 13.0. The van der Waals surface area contributed by atoms with Gasteiger partial charge in [-0.2, -0.15) is 0 Å². The number of piperidine rings is 1. The maximum atomic E-state index is 13.0. The lowest BCUT2D eigenvalue weighted by atomic mass is 10.1. The molecule has 1 fully saturated rings. The van der Waals surface area contributed by atoms with Crippen LogP contribution in [0.5, 0.6) is 0 Å². The highest BCUT2D eigenvalue weighted by Crippen LogP contribution is 2.27. The Bertz CT molecular complexity index is 748. The lowest BCUT2D eigenvalue weighted by Crippen LogP contribution is -2.40. The van der Waals surface area contributed by atoms with Gasteiger partial charge in [0.05, 0.1) is 5.56 Å². The van der Waals surface area contributed by atoms with Gasteiger partial charge in [-0.25, -0.2) is 4.79 Å². The number of carbonyl (C=O) groups excluding carboxylic acids is 2. The molecule has 1 amide bonds. The maximum Gasteiger partial charge on any atom is 0.340 e. The Hall–Kier alpha value is -2.14.